The Kier molecular flexibility index (Phi) is 10.2. The summed E-state index contributed by atoms with van der Waals surface area (Å²) in [7, 11) is 3.34. The van der Waals surface area contributed by atoms with Gasteiger partial charge in [-0.15, -0.1) is 0 Å². The van der Waals surface area contributed by atoms with Gasteiger partial charge in [0.25, 0.3) is 0 Å². The van der Waals surface area contributed by atoms with Gasteiger partial charge < -0.3 is 30.3 Å². The molecule has 0 saturated carbocycles. The fraction of sp³-hybridized carbons (Fsp3) is 0.396. The van der Waals surface area contributed by atoms with Crippen LogP contribution in [-0.4, -0.2) is 71.9 Å². The number of hydrogen-bond acceptors (Lipinski definition) is 8. The topological polar surface area (TPSA) is 107 Å². The second-order valence-corrected chi connectivity index (χ2v) is 16.3. The average molecular weight is 767 g/mol. The van der Waals surface area contributed by atoms with Crippen molar-refractivity contribution in [1.29, 1.82) is 0 Å². The number of amides is 1. The first-order valence-electron chi connectivity index (χ1n) is 20.7. The molecule has 2 fully saturated rings. The predicted octanol–water partition coefficient (Wildman–Crippen LogP) is 8.42. The maximum Gasteiger partial charge on any atom is 0.221 e. The van der Waals surface area contributed by atoms with Gasteiger partial charge in [-0.2, -0.15) is 0 Å². The van der Waals surface area contributed by atoms with E-state index >= 15 is 0 Å². The van der Waals surface area contributed by atoms with Crippen molar-refractivity contribution in [2.75, 3.05) is 44.5 Å². The SMILES string of the molecule is CCNc1ccc2c3c(c4cc(OC)c(CO)cc4c2c1)CN1CCC[C@H]1C3.COc1cc2c3c(c4ccc(NC(C)=O)cc4c2cc1CO)C[C@@H]1CCCN1C3. The summed E-state index contributed by atoms with van der Waals surface area (Å²) in [4.78, 5) is 16.8. The molecule has 0 bridgehead atoms. The van der Waals surface area contributed by atoms with E-state index in [-0.39, 0.29) is 19.1 Å². The molecule has 4 heterocycles. The molecule has 57 heavy (non-hydrogen) atoms. The van der Waals surface area contributed by atoms with Crippen LogP contribution in [-0.2, 0) is 43.9 Å². The Morgan fingerprint density at radius 2 is 1.12 bits per heavy atom. The van der Waals surface area contributed by atoms with E-state index in [0.29, 0.717) is 12.1 Å². The summed E-state index contributed by atoms with van der Waals surface area (Å²) in [5, 5.41) is 35.9. The van der Waals surface area contributed by atoms with Crippen molar-refractivity contribution in [3.8, 4) is 11.5 Å². The number of aliphatic hydroxyl groups excluding tert-OH is 2. The van der Waals surface area contributed by atoms with Crippen molar-refractivity contribution in [2.45, 2.75) is 90.8 Å². The van der Waals surface area contributed by atoms with Crippen LogP contribution in [0.2, 0.25) is 0 Å². The van der Waals surface area contributed by atoms with Crippen molar-refractivity contribution in [3.63, 3.8) is 0 Å². The van der Waals surface area contributed by atoms with Crippen LogP contribution >= 0.6 is 0 Å². The van der Waals surface area contributed by atoms with Crippen LogP contribution in [0.3, 0.4) is 0 Å². The smallest absolute Gasteiger partial charge is 0.221 e. The third-order valence-corrected chi connectivity index (χ3v) is 13.1. The highest BCUT2D eigenvalue weighted by molar-refractivity contribution is 6.14. The number of hydrogen-bond donors (Lipinski definition) is 4. The molecule has 4 aliphatic rings. The number of methoxy groups -OCH3 is 2. The number of carbonyl (C=O) groups excluding carboxylic acids is 1. The fourth-order valence-electron chi connectivity index (χ4n) is 10.5. The Hall–Kier alpha value is -4.93. The van der Waals surface area contributed by atoms with Gasteiger partial charge in [-0.3, -0.25) is 14.6 Å². The second-order valence-electron chi connectivity index (χ2n) is 16.3. The third kappa shape index (κ3) is 6.64. The summed E-state index contributed by atoms with van der Waals surface area (Å²) in [6.45, 7) is 8.81. The molecule has 0 aromatic heterocycles. The molecule has 2 atom stereocenters. The lowest BCUT2D eigenvalue weighted by atomic mass is 9.84. The summed E-state index contributed by atoms with van der Waals surface area (Å²) in [5.41, 5.74) is 9.32. The van der Waals surface area contributed by atoms with Crippen molar-refractivity contribution in [3.05, 3.63) is 94.0 Å². The maximum atomic E-state index is 11.6. The van der Waals surface area contributed by atoms with Gasteiger partial charge in [0.1, 0.15) is 11.5 Å². The highest BCUT2D eigenvalue weighted by Crippen LogP contribution is 2.44. The monoisotopic (exact) mass is 766 g/mol. The lowest BCUT2D eigenvalue weighted by Gasteiger charge is -2.33. The molecule has 4 N–H and O–H groups in total. The van der Waals surface area contributed by atoms with Crippen LogP contribution in [0.5, 0.6) is 11.5 Å². The number of nitrogens with one attached hydrogen (secondary N) is 2. The number of carbonyl (C=O) groups is 1. The Morgan fingerprint density at radius 3 is 1.58 bits per heavy atom. The zero-order valence-electron chi connectivity index (χ0n) is 33.6. The van der Waals surface area contributed by atoms with Gasteiger partial charge in [0, 0.05) is 61.1 Å². The number of aliphatic hydroxyl groups is 2. The summed E-state index contributed by atoms with van der Waals surface area (Å²) in [5.74, 6) is 1.43. The summed E-state index contributed by atoms with van der Waals surface area (Å²) in [6, 6.07) is 22.7. The standard InChI is InChI=1S/C24H26N2O3.C24H28N2O2/c1-14(28)25-16-5-6-18-20(9-16)19-8-15(13-27)24(29-2)11-22(19)23-12-26-7-3-4-17(26)10-21(18)23;1-3-25-16-6-7-18-20(10-16)19-9-15(14-27)24(28-2)12-22(19)23-13-26-8-4-5-17(26)11-21(18)23/h5-6,8-9,11,17,27H,3-4,7,10,12-13H2,1-2H3,(H,25,28);6-7,9-10,12,17,25,27H,3-5,8,11,13-14H2,1-2H3/t2*17-/m00/s1. The second kappa shape index (κ2) is 15.4. The normalized spacial score (nSPS) is 18.8. The zero-order valence-corrected chi connectivity index (χ0v) is 33.6. The van der Waals surface area contributed by atoms with Crippen LogP contribution in [0, 0.1) is 0 Å². The molecule has 9 nitrogen and oxygen atoms in total. The molecule has 6 aromatic carbocycles. The van der Waals surface area contributed by atoms with Gasteiger partial charge in [0.05, 0.1) is 27.4 Å². The van der Waals surface area contributed by atoms with E-state index in [1.165, 1.54) is 93.7 Å². The molecule has 296 valence electrons. The minimum Gasteiger partial charge on any atom is -0.496 e. The first-order chi connectivity index (χ1) is 27.8. The summed E-state index contributed by atoms with van der Waals surface area (Å²) < 4.78 is 11.2. The molecule has 6 aromatic rings. The largest absolute Gasteiger partial charge is 0.496 e. The van der Waals surface area contributed by atoms with Crippen molar-refractivity contribution in [1.82, 2.24) is 9.80 Å². The van der Waals surface area contributed by atoms with Crippen molar-refractivity contribution in [2.24, 2.45) is 0 Å². The minimum absolute atomic E-state index is 0.0151. The molecule has 10 rings (SSSR count). The Balaban J connectivity index is 0.000000148. The fourth-order valence-corrected chi connectivity index (χ4v) is 10.5. The van der Waals surface area contributed by atoms with Gasteiger partial charge in [0.2, 0.25) is 5.91 Å². The minimum atomic E-state index is -0.0778. The number of ether oxygens (including phenoxy) is 2. The van der Waals surface area contributed by atoms with Crippen LogP contribution in [0.25, 0.3) is 43.1 Å². The Bertz CT molecular complexity index is 2550. The third-order valence-electron chi connectivity index (χ3n) is 13.1. The predicted molar refractivity (Wildman–Crippen MR) is 231 cm³/mol. The Labute approximate surface area is 334 Å². The summed E-state index contributed by atoms with van der Waals surface area (Å²) >= 11 is 0. The molecule has 9 heteroatoms. The number of benzene rings is 6. The highest BCUT2D eigenvalue weighted by atomic mass is 16.5. The molecule has 0 unspecified atom stereocenters. The van der Waals surface area contributed by atoms with E-state index in [2.05, 4.69) is 75.9 Å². The molecule has 0 spiro atoms. The molecular weight excluding hydrogens is 713 g/mol. The van der Waals surface area contributed by atoms with Crippen molar-refractivity contribution < 1.29 is 24.5 Å². The first-order valence-corrected chi connectivity index (χ1v) is 20.7. The zero-order chi connectivity index (χ0) is 39.4. The molecule has 4 aliphatic heterocycles. The van der Waals surface area contributed by atoms with Crippen molar-refractivity contribution >= 4 is 60.4 Å². The average Bonchev–Trinajstić information content (AvgIpc) is 3.90. The van der Waals surface area contributed by atoms with Crippen LogP contribution < -0.4 is 20.1 Å². The van der Waals surface area contributed by atoms with E-state index in [1.54, 1.807) is 14.2 Å². The van der Waals surface area contributed by atoms with E-state index in [9.17, 15) is 15.0 Å². The van der Waals surface area contributed by atoms with Crippen LogP contribution in [0.15, 0.2) is 60.7 Å². The van der Waals surface area contributed by atoms with Gasteiger partial charge in [-0.1, -0.05) is 12.1 Å². The van der Waals surface area contributed by atoms with E-state index in [1.807, 2.05) is 12.1 Å². The Morgan fingerprint density at radius 1 is 0.649 bits per heavy atom. The van der Waals surface area contributed by atoms with Gasteiger partial charge in [0.15, 0.2) is 0 Å². The van der Waals surface area contributed by atoms with E-state index < -0.39 is 0 Å². The molecular formula is C48H54N4O5. The number of rotatable bonds is 7. The number of anilines is 2. The first kappa shape index (κ1) is 37.6. The molecule has 0 radical (unpaired) electrons. The maximum absolute atomic E-state index is 11.6. The lowest BCUT2D eigenvalue weighted by Crippen LogP contribution is -2.35. The quantitative estimate of drug-likeness (QED) is 0.120. The van der Waals surface area contributed by atoms with E-state index in [4.69, 9.17) is 9.47 Å². The van der Waals surface area contributed by atoms with Gasteiger partial charge >= 0.3 is 0 Å². The van der Waals surface area contributed by atoms with Crippen LogP contribution in [0.1, 0.15) is 72.9 Å². The molecule has 1 amide bonds. The van der Waals surface area contributed by atoms with E-state index in [0.717, 1.165) is 83.8 Å². The van der Waals surface area contributed by atoms with Gasteiger partial charge in [-0.25, -0.2) is 0 Å². The van der Waals surface area contributed by atoms with Crippen LogP contribution in [0.4, 0.5) is 11.4 Å². The molecule has 0 aliphatic carbocycles. The van der Waals surface area contributed by atoms with Gasteiger partial charge in [-0.05, 0) is 172 Å². The lowest BCUT2D eigenvalue weighted by molar-refractivity contribution is -0.114. The highest BCUT2D eigenvalue weighted by Gasteiger charge is 2.34. The number of fused-ring (bicyclic) bond motifs is 14. The molecule has 2 saturated heterocycles. The summed E-state index contributed by atoms with van der Waals surface area (Å²) in [6.07, 6.45) is 7.32. The number of nitrogens with zero attached hydrogens (tertiary/aromatic N) is 2.